The summed E-state index contributed by atoms with van der Waals surface area (Å²) in [7, 11) is -3.09. The van der Waals surface area contributed by atoms with Crippen LogP contribution in [0.4, 0.5) is 0 Å². The Kier molecular flexibility index (Phi) is 3.38. The highest BCUT2D eigenvalue weighted by Crippen LogP contribution is 2.27. The van der Waals surface area contributed by atoms with Gasteiger partial charge in [0.15, 0.2) is 0 Å². The molecule has 0 radical (unpaired) electrons. The lowest BCUT2D eigenvalue weighted by molar-refractivity contribution is 0.580. The van der Waals surface area contributed by atoms with Crippen LogP contribution in [0.25, 0.3) is 5.13 Å². The molecule has 2 heterocycles. The Bertz CT molecular complexity index is 644. The molecule has 2 aromatic heterocycles. The number of nitrogens with zero attached hydrogens (tertiary/aromatic N) is 3. The van der Waals surface area contributed by atoms with Crippen molar-refractivity contribution in [3.8, 4) is 5.13 Å². The van der Waals surface area contributed by atoms with Crippen molar-refractivity contribution >= 4 is 21.4 Å². The van der Waals surface area contributed by atoms with Crippen molar-refractivity contribution in [1.29, 1.82) is 0 Å². The topological polar surface area (TPSA) is 76.9 Å². The number of thiazole rings is 1. The van der Waals surface area contributed by atoms with Gasteiger partial charge < -0.3 is 0 Å². The molecular formula is C11H14N4O2S2. The molecule has 6 nitrogen and oxygen atoms in total. The molecule has 8 heteroatoms. The summed E-state index contributed by atoms with van der Waals surface area (Å²) in [6.45, 7) is 0.404. The summed E-state index contributed by atoms with van der Waals surface area (Å²) >= 11 is 1.50. The fourth-order valence-corrected chi connectivity index (χ4v) is 3.89. The van der Waals surface area contributed by atoms with E-state index in [1.54, 1.807) is 10.9 Å². The predicted octanol–water partition coefficient (Wildman–Crippen LogP) is 0.953. The van der Waals surface area contributed by atoms with Gasteiger partial charge in [0.05, 0.1) is 10.9 Å². The lowest BCUT2D eigenvalue weighted by atomic mass is 10.3. The number of aromatic nitrogens is 3. The Labute approximate surface area is 115 Å². The van der Waals surface area contributed by atoms with Crippen LogP contribution in [0.1, 0.15) is 18.5 Å². The molecule has 0 bridgehead atoms. The molecule has 2 aromatic rings. The van der Waals surface area contributed by atoms with E-state index in [1.165, 1.54) is 11.3 Å². The Hall–Kier alpha value is -1.25. The van der Waals surface area contributed by atoms with Crippen molar-refractivity contribution in [2.24, 2.45) is 0 Å². The minimum absolute atomic E-state index is 0.164. The zero-order chi connectivity index (χ0) is 13.3. The Morgan fingerprint density at radius 1 is 1.47 bits per heavy atom. The van der Waals surface area contributed by atoms with Crippen molar-refractivity contribution in [3.05, 3.63) is 29.5 Å². The lowest BCUT2D eigenvalue weighted by Crippen LogP contribution is -2.29. The third-order valence-electron chi connectivity index (χ3n) is 2.89. The standard InChI is InChI=1S/C11H14N4O2S2/c16-19(17,10-2-3-10)13-6-4-9-8-18-11(14-9)15-7-1-5-12-15/h1,5,7-8,10,13H,2-4,6H2. The van der Waals surface area contributed by atoms with Gasteiger partial charge in [0.1, 0.15) is 0 Å². The molecule has 0 amide bonds. The van der Waals surface area contributed by atoms with Gasteiger partial charge in [-0.05, 0) is 18.9 Å². The second-order valence-electron chi connectivity index (χ2n) is 4.46. The maximum Gasteiger partial charge on any atom is 0.214 e. The molecule has 3 rings (SSSR count). The SMILES string of the molecule is O=S(=O)(NCCc1csc(-n2cccn2)n1)C1CC1. The second kappa shape index (κ2) is 5.03. The maximum atomic E-state index is 11.6. The highest BCUT2D eigenvalue weighted by Gasteiger charge is 2.35. The van der Waals surface area contributed by atoms with Crippen LogP contribution in [0.15, 0.2) is 23.8 Å². The van der Waals surface area contributed by atoms with Gasteiger partial charge in [0, 0.05) is 30.7 Å². The van der Waals surface area contributed by atoms with Gasteiger partial charge in [-0.2, -0.15) is 5.10 Å². The average molecular weight is 298 g/mol. The number of nitrogens with one attached hydrogen (secondary N) is 1. The van der Waals surface area contributed by atoms with Gasteiger partial charge in [0.2, 0.25) is 15.2 Å². The van der Waals surface area contributed by atoms with E-state index in [0.29, 0.717) is 13.0 Å². The first-order valence-electron chi connectivity index (χ1n) is 6.08. The van der Waals surface area contributed by atoms with Gasteiger partial charge in [-0.25, -0.2) is 22.8 Å². The number of rotatable bonds is 6. The average Bonchev–Trinajstić information content (AvgIpc) is 2.92. The third-order valence-corrected chi connectivity index (χ3v) is 5.72. The molecule has 0 aromatic carbocycles. The van der Waals surface area contributed by atoms with Gasteiger partial charge in [-0.15, -0.1) is 11.3 Å². The zero-order valence-electron chi connectivity index (χ0n) is 10.2. The highest BCUT2D eigenvalue weighted by molar-refractivity contribution is 7.90. The van der Waals surface area contributed by atoms with Crippen molar-refractivity contribution in [1.82, 2.24) is 19.5 Å². The van der Waals surface area contributed by atoms with E-state index in [9.17, 15) is 8.42 Å². The van der Waals surface area contributed by atoms with E-state index < -0.39 is 10.0 Å². The van der Waals surface area contributed by atoms with Crippen LogP contribution in [0.3, 0.4) is 0 Å². The van der Waals surface area contributed by atoms with Crippen molar-refractivity contribution < 1.29 is 8.42 Å². The number of hydrogen-bond donors (Lipinski definition) is 1. The Morgan fingerprint density at radius 2 is 2.32 bits per heavy atom. The van der Waals surface area contributed by atoms with Crippen LogP contribution in [0.5, 0.6) is 0 Å². The number of sulfonamides is 1. The predicted molar refractivity (Wildman–Crippen MR) is 72.9 cm³/mol. The summed E-state index contributed by atoms with van der Waals surface area (Å²) < 4.78 is 27.6. The van der Waals surface area contributed by atoms with Crippen molar-refractivity contribution in [2.75, 3.05) is 6.54 Å². The Balaban J connectivity index is 1.56. The highest BCUT2D eigenvalue weighted by atomic mass is 32.2. The lowest BCUT2D eigenvalue weighted by Gasteiger charge is -2.03. The molecule has 1 saturated carbocycles. The van der Waals surface area contributed by atoms with Crippen LogP contribution in [0.2, 0.25) is 0 Å². The van der Waals surface area contributed by atoms with Gasteiger partial charge in [-0.3, -0.25) is 0 Å². The molecule has 19 heavy (non-hydrogen) atoms. The maximum absolute atomic E-state index is 11.6. The molecule has 0 aliphatic heterocycles. The summed E-state index contributed by atoms with van der Waals surface area (Å²) in [5, 5.41) is 6.67. The van der Waals surface area contributed by atoms with E-state index in [-0.39, 0.29) is 5.25 Å². The van der Waals surface area contributed by atoms with Gasteiger partial charge in [0.25, 0.3) is 0 Å². The van der Waals surface area contributed by atoms with E-state index in [4.69, 9.17) is 0 Å². The van der Waals surface area contributed by atoms with E-state index in [2.05, 4.69) is 14.8 Å². The van der Waals surface area contributed by atoms with Crippen LogP contribution in [0, 0.1) is 0 Å². The molecule has 0 atom stereocenters. The van der Waals surface area contributed by atoms with Gasteiger partial charge in [-0.1, -0.05) is 0 Å². The first kappa shape index (κ1) is 12.8. The minimum atomic E-state index is -3.09. The first-order chi connectivity index (χ1) is 9.15. The summed E-state index contributed by atoms with van der Waals surface area (Å²) in [4.78, 5) is 4.42. The third kappa shape index (κ3) is 3.02. The van der Waals surface area contributed by atoms with Crippen LogP contribution in [-0.4, -0.2) is 35.0 Å². The van der Waals surface area contributed by atoms with Crippen molar-refractivity contribution in [2.45, 2.75) is 24.5 Å². The molecule has 1 N–H and O–H groups in total. The second-order valence-corrected chi connectivity index (χ2v) is 7.34. The molecule has 0 spiro atoms. The van der Waals surface area contributed by atoms with E-state index >= 15 is 0 Å². The molecule has 1 fully saturated rings. The molecule has 1 aliphatic rings. The van der Waals surface area contributed by atoms with E-state index in [1.807, 2.05) is 17.6 Å². The summed E-state index contributed by atoms with van der Waals surface area (Å²) in [6, 6.07) is 1.84. The number of hydrogen-bond acceptors (Lipinski definition) is 5. The fourth-order valence-electron chi connectivity index (χ4n) is 1.72. The summed E-state index contributed by atoms with van der Waals surface area (Å²) in [5.74, 6) is 0. The van der Waals surface area contributed by atoms with Crippen LogP contribution >= 0.6 is 11.3 Å². The summed E-state index contributed by atoms with van der Waals surface area (Å²) in [6.07, 6.45) is 5.71. The minimum Gasteiger partial charge on any atom is -0.223 e. The van der Waals surface area contributed by atoms with Crippen molar-refractivity contribution in [3.63, 3.8) is 0 Å². The normalized spacial score (nSPS) is 15.8. The molecule has 102 valence electrons. The molecule has 1 aliphatic carbocycles. The van der Waals surface area contributed by atoms with Gasteiger partial charge >= 0.3 is 0 Å². The van der Waals surface area contributed by atoms with Crippen LogP contribution < -0.4 is 4.72 Å². The van der Waals surface area contributed by atoms with Crippen LogP contribution in [-0.2, 0) is 16.4 Å². The zero-order valence-corrected chi connectivity index (χ0v) is 11.8. The first-order valence-corrected chi connectivity index (χ1v) is 8.51. The van der Waals surface area contributed by atoms with E-state index in [0.717, 1.165) is 23.7 Å². The molecule has 0 unspecified atom stereocenters. The summed E-state index contributed by atoms with van der Waals surface area (Å²) in [5.41, 5.74) is 0.883. The molecular weight excluding hydrogens is 284 g/mol. The fraction of sp³-hybridized carbons (Fsp3) is 0.455. The smallest absolute Gasteiger partial charge is 0.214 e. The monoisotopic (exact) mass is 298 g/mol. The largest absolute Gasteiger partial charge is 0.223 e. The molecule has 0 saturated heterocycles. The quantitative estimate of drug-likeness (QED) is 0.861. The Morgan fingerprint density at radius 3 is 3.00 bits per heavy atom.